The van der Waals surface area contributed by atoms with E-state index < -0.39 is 5.97 Å². The molecule has 2 rings (SSSR count). The molecule has 0 unspecified atom stereocenters. The number of nitrogens with zero attached hydrogens (tertiary/aromatic N) is 1. The molecule has 1 aromatic rings. The van der Waals surface area contributed by atoms with Crippen LogP contribution in [0.4, 0.5) is 0 Å². The maximum atomic E-state index is 10.8. The lowest BCUT2D eigenvalue weighted by atomic mass is 10.2. The summed E-state index contributed by atoms with van der Waals surface area (Å²) in [6, 6.07) is 6.59. The summed E-state index contributed by atoms with van der Waals surface area (Å²) in [7, 11) is 0. The molecule has 1 aliphatic rings. The Labute approximate surface area is 125 Å². The van der Waals surface area contributed by atoms with Gasteiger partial charge < -0.3 is 20.1 Å². The normalized spacial score (nSPS) is 15.2. The van der Waals surface area contributed by atoms with Crippen LogP contribution >= 0.6 is 0 Å². The monoisotopic (exact) mass is 292 g/mol. The Morgan fingerprint density at radius 1 is 1.29 bits per heavy atom. The molecule has 21 heavy (non-hydrogen) atoms. The minimum absolute atomic E-state index is 0.256. The Morgan fingerprint density at radius 2 is 2.10 bits per heavy atom. The van der Waals surface area contributed by atoms with Gasteiger partial charge in [-0.1, -0.05) is 6.07 Å². The average Bonchev–Trinajstić information content (AvgIpc) is 3.00. The van der Waals surface area contributed by atoms with Crippen molar-refractivity contribution in [3.05, 3.63) is 29.8 Å². The van der Waals surface area contributed by atoms with Crippen molar-refractivity contribution < 1.29 is 14.6 Å². The van der Waals surface area contributed by atoms with Gasteiger partial charge in [-0.15, -0.1) is 0 Å². The largest absolute Gasteiger partial charge is 0.492 e. The van der Waals surface area contributed by atoms with Crippen LogP contribution in [0.1, 0.15) is 29.6 Å². The number of carboxylic acids is 1. The second kappa shape index (κ2) is 8.64. The quantitative estimate of drug-likeness (QED) is 0.680. The predicted octanol–water partition coefficient (Wildman–Crippen LogP) is 1.84. The van der Waals surface area contributed by atoms with Gasteiger partial charge >= 0.3 is 5.97 Å². The first-order valence-electron chi connectivity index (χ1n) is 7.65. The third-order valence-electron chi connectivity index (χ3n) is 3.66. The van der Waals surface area contributed by atoms with E-state index in [1.165, 1.54) is 32.5 Å². The van der Waals surface area contributed by atoms with Gasteiger partial charge in [-0.3, -0.25) is 0 Å². The molecule has 2 N–H and O–H groups in total. The van der Waals surface area contributed by atoms with Crippen LogP contribution in [0.5, 0.6) is 5.75 Å². The van der Waals surface area contributed by atoms with Crippen molar-refractivity contribution in [3.8, 4) is 5.75 Å². The van der Waals surface area contributed by atoms with E-state index in [-0.39, 0.29) is 5.56 Å². The summed E-state index contributed by atoms with van der Waals surface area (Å²) in [4.78, 5) is 13.3. The summed E-state index contributed by atoms with van der Waals surface area (Å²) in [5.41, 5.74) is 0.256. The maximum Gasteiger partial charge on any atom is 0.335 e. The standard InChI is InChI=1S/C16H24N2O3/c19-16(20)14-5-3-6-15(13-14)21-12-8-17-7-4-11-18-9-1-2-10-18/h3,5-6,13,17H,1-2,4,7-12H2,(H,19,20). The van der Waals surface area contributed by atoms with Crippen molar-refractivity contribution in [2.45, 2.75) is 19.3 Å². The van der Waals surface area contributed by atoms with Crippen molar-refractivity contribution in [3.63, 3.8) is 0 Å². The summed E-state index contributed by atoms with van der Waals surface area (Å²) in [5.74, 6) is -0.325. The summed E-state index contributed by atoms with van der Waals surface area (Å²) in [6.07, 6.45) is 3.85. The fourth-order valence-corrected chi connectivity index (χ4v) is 2.52. The third kappa shape index (κ3) is 5.73. The van der Waals surface area contributed by atoms with Crippen LogP contribution in [0.2, 0.25) is 0 Å². The van der Waals surface area contributed by atoms with Gasteiger partial charge in [-0.05, 0) is 63.6 Å². The third-order valence-corrected chi connectivity index (χ3v) is 3.66. The van der Waals surface area contributed by atoms with E-state index in [0.29, 0.717) is 12.4 Å². The Bertz CT molecular complexity index is 445. The minimum Gasteiger partial charge on any atom is -0.492 e. The smallest absolute Gasteiger partial charge is 0.335 e. The molecule has 0 radical (unpaired) electrons. The fraction of sp³-hybridized carbons (Fsp3) is 0.562. The lowest BCUT2D eigenvalue weighted by Crippen LogP contribution is -2.27. The Balaban J connectivity index is 1.53. The van der Waals surface area contributed by atoms with Gasteiger partial charge in [-0.2, -0.15) is 0 Å². The zero-order chi connectivity index (χ0) is 14.9. The number of nitrogens with one attached hydrogen (secondary N) is 1. The van der Waals surface area contributed by atoms with E-state index in [2.05, 4.69) is 10.2 Å². The van der Waals surface area contributed by atoms with Crippen molar-refractivity contribution in [1.29, 1.82) is 0 Å². The van der Waals surface area contributed by atoms with Gasteiger partial charge in [0.1, 0.15) is 12.4 Å². The van der Waals surface area contributed by atoms with Crippen LogP contribution < -0.4 is 10.1 Å². The summed E-state index contributed by atoms with van der Waals surface area (Å²) in [6.45, 7) is 6.00. The molecule has 0 atom stereocenters. The molecule has 0 bridgehead atoms. The number of aromatic carboxylic acids is 1. The number of carboxylic acid groups (broad SMARTS) is 1. The Kier molecular flexibility index (Phi) is 6.50. The number of rotatable bonds is 9. The van der Waals surface area contributed by atoms with Gasteiger partial charge in [0.05, 0.1) is 5.56 Å². The number of hydrogen-bond acceptors (Lipinski definition) is 4. The maximum absolute atomic E-state index is 10.8. The number of benzene rings is 1. The molecule has 1 aliphatic heterocycles. The zero-order valence-electron chi connectivity index (χ0n) is 12.4. The van der Waals surface area contributed by atoms with Crippen LogP contribution in [-0.4, -0.2) is 55.3 Å². The summed E-state index contributed by atoms with van der Waals surface area (Å²) < 4.78 is 5.54. The average molecular weight is 292 g/mol. The molecule has 116 valence electrons. The van der Waals surface area contributed by atoms with E-state index in [9.17, 15) is 4.79 Å². The van der Waals surface area contributed by atoms with E-state index >= 15 is 0 Å². The molecular formula is C16H24N2O3. The summed E-state index contributed by atoms with van der Waals surface area (Å²) in [5, 5.41) is 12.2. The predicted molar refractivity (Wildman–Crippen MR) is 82.1 cm³/mol. The molecule has 5 heteroatoms. The summed E-state index contributed by atoms with van der Waals surface area (Å²) >= 11 is 0. The number of ether oxygens (including phenoxy) is 1. The molecule has 0 spiro atoms. The van der Waals surface area contributed by atoms with Gasteiger partial charge in [0, 0.05) is 6.54 Å². The van der Waals surface area contributed by atoms with Crippen LogP contribution in [0.15, 0.2) is 24.3 Å². The van der Waals surface area contributed by atoms with Gasteiger partial charge in [-0.25, -0.2) is 4.79 Å². The molecule has 0 aliphatic carbocycles. The molecule has 1 aromatic carbocycles. The van der Waals surface area contributed by atoms with E-state index in [0.717, 1.165) is 19.5 Å². The lowest BCUT2D eigenvalue weighted by molar-refractivity contribution is 0.0696. The van der Waals surface area contributed by atoms with Gasteiger partial charge in [0.15, 0.2) is 0 Å². The van der Waals surface area contributed by atoms with E-state index in [1.807, 2.05) is 0 Å². The highest BCUT2D eigenvalue weighted by Crippen LogP contribution is 2.12. The SMILES string of the molecule is O=C(O)c1cccc(OCCNCCCN2CCCC2)c1. The highest BCUT2D eigenvalue weighted by molar-refractivity contribution is 5.87. The molecule has 1 fully saturated rings. The molecule has 1 saturated heterocycles. The molecule has 0 saturated carbocycles. The first kappa shape index (κ1) is 15.8. The van der Waals surface area contributed by atoms with Crippen molar-refractivity contribution in [2.24, 2.45) is 0 Å². The fourth-order valence-electron chi connectivity index (χ4n) is 2.52. The van der Waals surface area contributed by atoms with Crippen LogP contribution in [0.25, 0.3) is 0 Å². The van der Waals surface area contributed by atoms with Crippen LogP contribution in [0.3, 0.4) is 0 Å². The first-order valence-corrected chi connectivity index (χ1v) is 7.65. The van der Waals surface area contributed by atoms with E-state index in [1.54, 1.807) is 24.3 Å². The van der Waals surface area contributed by atoms with Crippen molar-refractivity contribution >= 4 is 5.97 Å². The van der Waals surface area contributed by atoms with Crippen molar-refractivity contribution in [1.82, 2.24) is 10.2 Å². The number of hydrogen-bond donors (Lipinski definition) is 2. The number of likely N-dealkylation sites (tertiary alicyclic amines) is 1. The highest BCUT2D eigenvalue weighted by Gasteiger charge is 2.09. The Hall–Kier alpha value is -1.59. The molecule has 0 amide bonds. The zero-order valence-corrected chi connectivity index (χ0v) is 12.4. The molecule has 1 heterocycles. The molecular weight excluding hydrogens is 268 g/mol. The van der Waals surface area contributed by atoms with Gasteiger partial charge in [0.25, 0.3) is 0 Å². The van der Waals surface area contributed by atoms with Gasteiger partial charge in [0.2, 0.25) is 0 Å². The molecule has 5 nitrogen and oxygen atoms in total. The Morgan fingerprint density at radius 3 is 2.86 bits per heavy atom. The molecule has 0 aromatic heterocycles. The van der Waals surface area contributed by atoms with Crippen LogP contribution in [0, 0.1) is 0 Å². The second-order valence-corrected chi connectivity index (χ2v) is 5.33. The first-order chi connectivity index (χ1) is 10.3. The highest BCUT2D eigenvalue weighted by atomic mass is 16.5. The number of carbonyl (C=O) groups is 1. The lowest BCUT2D eigenvalue weighted by Gasteiger charge is -2.14. The minimum atomic E-state index is -0.930. The second-order valence-electron chi connectivity index (χ2n) is 5.33. The topological polar surface area (TPSA) is 61.8 Å². The van der Waals surface area contributed by atoms with Crippen molar-refractivity contribution in [2.75, 3.05) is 39.3 Å². The van der Waals surface area contributed by atoms with E-state index in [4.69, 9.17) is 9.84 Å². The van der Waals surface area contributed by atoms with Crippen LogP contribution in [-0.2, 0) is 0 Å².